The number of nitrogens with one attached hydrogen (secondary N) is 1. The molecular formula is C18H27N3. The lowest BCUT2D eigenvalue weighted by Gasteiger charge is -2.23. The lowest BCUT2D eigenvalue weighted by Crippen LogP contribution is -2.36. The van der Waals surface area contributed by atoms with Crippen molar-refractivity contribution in [3.05, 3.63) is 48.0 Å². The largest absolute Gasteiger partial charge is 0.329 e. The van der Waals surface area contributed by atoms with E-state index in [0.717, 1.165) is 26.2 Å². The quantitative estimate of drug-likeness (QED) is 0.783. The van der Waals surface area contributed by atoms with E-state index in [1.807, 2.05) is 0 Å². The lowest BCUT2D eigenvalue weighted by molar-refractivity contribution is 0.297. The zero-order valence-corrected chi connectivity index (χ0v) is 13.2. The molecule has 3 N–H and O–H groups in total. The van der Waals surface area contributed by atoms with Crippen molar-refractivity contribution in [3.63, 3.8) is 0 Å². The van der Waals surface area contributed by atoms with Crippen molar-refractivity contribution in [1.29, 1.82) is 0 Å². The van der Waals surface area contributed by atoms with Crippen LogP contribution in [0.25, 0.3) is 10.8 Å². The molecule has 0 spiro atoms. The molecule has 3 nitrogen and oxygen atoms in total. The number of benzene rings is 2. The molecule has 0 bridgehead atoms. The van der Waals surface area contributed by atoms with Crippen molar-refractivity contribution in [3.8, 4) is 0 Å². The molecule has 21 heavy (non-hydrogen) atoms. The first kappa shape index (κ1) is 16.0. The Balaban J connectivity index is 2.09. The van der Waals surface area contributed by atoms with Gasteiger partial charge in [0.25, 0.3) is 0 Å². The topological polar surface area (TPSA) is 41.3 Å². The highest BCUT2D eigenvalue weighted by Crippen LogP contribution is 2.23. The molecule has 114 valence electrons. The van der Waals surface area contributed by atoms with Crippen LogP contribution in [0, 0.1) is 0 Å². The third kappa shape index (κ3) is 4.03. The molecule has 1 atom stereocenters. The molecule has 0 radical (unpaired) electrons. The van der Waals surface area contributed by atoms with Crippen LogP contribution in [0.2, 0.25) is 0 Å². The molecule has 0 aromatic heterocycles. The SMILES string of the molecule is CCN(CC)CCNC(CN)c1cccc2ccccc12. The van der Waals surface area contributed by atoms with Crippen molar-refractivity contribution in [2.45, 2.75) is 19.9 Å². The van der Waals surface area contributed by atoms with E-state index >= 15 is 0 Å². The van der Waals surface area contributed by atoms with Gasteiger partial charge in [-0.3, -0.25) is 0 Å². The Morgan fingerprint density at radius 2 is 1.76 bits per heavy atom. The van der Waals surface area contributed by atoms with Gasteiger partial charge in [0.2, 0.25) is 0 Å². The molecule has 1 unspecified atom stereocenters. The summed E-state index contributed by atoms with van der Waals surface area (Å²) in [5, 5.41) is 6.18. The molecule has 0 aliphatic carbocycles. The molecular weight excluding hydrogens is 258 g/mol. The number of fused-ring (bicyclic) bond motifs is 1. The highest BCUT2D eigenvalue weighted by molar-refractivity contribution is 5.86. The average Bonchev–Trinajstić information content (AvgIpc) is 2.55. The van der Waals surface area contributed by atoms with Gasteiger partial charge in [-0.25, -0.2) is 0 Å². The first-order valence-electron chi connectivity index (χ1n) is 7.93. The van der Waals surface area contributed by atoms with Gasteiger partial charge in [0.05, 0.1) is 0 Å². The zero-order chi connectivity index (χ0) is 15.1. The first-order valence-corrected chi connectivity index (χ1v) is 7.93. The monoisotopic (exact) mass is 285 g/mol. The fourth-order valence-electron chi connectivity index (χ4n) is 2.81. The lowest BCUT2D eigenvalue weighted by atomic mass is 9.99. The van der Waals surface area contributed by atoms with Gasteiger partial charge in [0.1, 0.15) is 0 Å². The van der Waals surface area contributed by atoms with E-state index in [2.05, 4.69) is 66.5 Å². The van der Waals surface area contributed by atoms with E-state index < -0.39 is 0 Å². The van der Waals surface area contributed by atoms with Crippen molar-refractivity contribution in [1.82, 2.24) is 10.2 Å². The highest BCUT2D eigenvalue weighted by atomic mass is 15.1. The van der Waals surface area contributed by atoms with E-state index in [1.54, 1.807) is 0 Å². The fourth-order valence-corrected chi connectivity index (χ4v) is 2.81. The summed E-state index contributed by atoms with van der Waals surface area (Å²) in [5.41, 5.74) is 7.30. The van der Waals surface area contributed by atoms with Crippen molar-refractivity contribution in [2.24, 2.45) is 5.73 Å². The Labute approximate surface area is 128 Å². The van der Waals surface area contributed by atoms with Crippen LogP contribution in [-0.2, 0) is 0 Å². The summed E-state index contributed by atoms with van der Waals surface area (Å²) in [4.78, 5) is 2.42. The average molecular weight is 285 g/mol. The molecule has 2 rings (SSSR count). The van der Waals surface area contributed by atoms with Gasteiger partial charge in [0, 0.05) is 25.7 Å². The first-order chi connectivity index (χ1) is 10.3. The van der Waals surface area contributed by atoms with Crippen LogP contribution in [0.15, 0.2) is 42.5 Å². The van der Waals surface area contributed by atoms with Gasteiger partial charge >= 0.3 is 0 Å². The normalized spacial score (nSPS) is 13.0. The van der Waals surface area contributed by atoms with E-state index in [-0.39, 0.29) is 6.04 Å². The number of nitrogens with two attached hydrogens (primary N) is 1. The van der Waals surface area contributed by atoms with Gasteiger partial charge in [-0.1, -0.05) is 56.3 Å². The summed E-state index contributed by atoms with van der Waals surface area (Å²) in [6.45, 7) is 9.25. The minimum Gasteiger partial charge on any atom is -0.329 e. The molecule has 3 heteroatoms. The molecule has 0 aliphatic heterocycles. The summed E-state index contributed by atoms with van der Waals surface area (Å²) in [6.07, 6.45) is 0. The predicted octanol–water partition coefficient (Wildman–Crippen LogP) is 2.77. The van der Waals surface area contributed by atoms with Crippen LogP contribution >= 0.6 is 0 Å². The summed E-state index contributed by atoms with van der Waals surface area (Å²) in [7, 11) is 0. The minimum atomic E-state index is 0.215. The summed E-state index contributed by atoms with van der Waals surface area (Å²) >= 11 is 0. The Hall–Kier alpha value is -1.42. The molecule has 0 heterocycles. The third-order valence-electron chi connectivity index (χ3n) is 4.15. The van der Waals surface area contributed by atoms with Gasteiger partial charge in [0.15, 0.2) is 0 Å². The van der Waals surface area contributed by atoms with Crippen molar-refractivity contribution >= 4 is 10.8 Å². The second-order valence-corrected chi connectivity index (χ2v) is 5.34. The van der Waals surface area contributed by atoms with Crippen LogP contribution < -0.4 is 11.1 Å². The Bertz CT molecular complexity index is 544. The van der Waals surface area contributed by atoms with E-state index in [1.165, 1.54) is 16.3 Å². The molecule has 0 fully saturated rings. The summed E-state index contributed by atoms with van der Waals surface area (Å²) < 4.78 is 0. The van der Waals surface area contributed by atoms with Crippen molar-refractivity contribution < 1.29 is 0 Å². The minimum absolute atomic E-state index is 0.215. The van der Waals surface area contributed by atoms with Gasteiger partial charge in [-0.2, -0.15) is 0 Å². The van der Waals surface area contributed by atoms with Crippen LogP contribution in [-0.4, -0.2) is 37.6 Å². The van der Waals surface area contributed by atoms with E-state index in [4.69, 9.17) is 5.73 Å². The maximum atomic E-state index is 6.00. The van der Waals surface area contributed by atoms with Gasteiger partial charge < -0.3 is 16.0 Å². The standard InChI is InChI=1S/C18H27N3/c1-3-21(4-2)13-12-20-18(14-19)17-11-7-9-15-8-5-6-10-16(15)17/h5-11,18,20H,3-4,12-14,19H2,1-2H3. The van der Waals surface area contributed by atoms with E-state index in [9.17, 15) is 0 Å². The Morgan fingerprint density at radius 1 is 1.05 bits per heavy atom. The molecule has 0 saturated heterocycles. The molecule has 0 aliphatic rings. The van der Waals surface area contributed by atoms with Crippen molar-refractivity contribution in [2.75, 3.05) is 32.7 Å². The third-order valence-corrected chi connectivity index (χ3v) is 4.15. The maximum absolute atomic E-state index is 6.00. The summed E-state index contributed by atoms with van der Waals surface area (Å²) in [5.74, 6) is 0. The number of hydrogen-bond acceptors (Lipinski definition) is 3. The number of likely N-dealkylation sites (N-methyl/N-ethyl adjacent to an activating group) is 1. The van der Waals surface area contributed by atoms with Crippen LogP contribution in [0.3, 0.4) is 0 Å². The molecule has 0 saturated carbocycles. The Morgan fingerprint density at radius 3 is 2.48 bits per heavy atom. The van der Waals surface area contributed by atoms with Crippen LogP contribution in [0.1, 0.15) is 25.5 Å². The van der Waals surface area contributed by atoms with Gasteiger partial charge in [-0.05, 0) is 29.4 Å². The Kier molecular flexibility index (Phi) is 6.18. The smallest absolute Gasteiger partial charge is 0.0451 e. The second kappa shape index (κ2) is 8.13. The maximum Gasteiger partial charge on any atom is 0.0451 e. The number of nitrogens with zero attached hydrogens (tertiary/aromatic N) is 1. The highest BCUT2D eigenvalue weighted by Gasteiger charge is 2.12. The molecule has 0 amide bonds. The number of hydrogen-bond donors (Lipinski definition) is 2. The zero-order valence-electron chi connectivity index (χ0n) is 13.2. The molecule has 2 aromatic rings. The van der Waals surface area contributed by atoms with Crippen LogP contribution in [0.4, 0.5) is 0 Å². The summed E-state index contributed by atoms with van der Waals surface area (Å²) in [6, 6.07) is 15.2. The fraction of sp³-hybridized carbons (Fsp3) is 0.444. The van der Waals surface area contributed by atoms with Crippen LogP contribution in [0.5, 0.6) is 0 Å². The second-order valence-electron chi connectivity index (χ2n) is 5.34. The van der Waals surface area contributed by atoms with Gasteiger partial charge in [-0.15, -0.1) is 0 Å². The van der Waals surface area contributed by atoms with E-state index in [0.29, 0.717) is 6.54 Å². The molecule has 2 aromatic carbocycles. The number of rotatable bonds is 8. The predicted molar refractivity (Wildman–Crippen MR) is 91.5 cm³/mol.